The number of nitrogens with two attached hydrogens (primary N) is 1. The molecule has 174 valence electrons. The molecule has 2 fully saturated rings. The summed E-state index contributed by atoms with van der Waals surface area (Å²) in [6.45, 7) is 7.70. The van der Waals surface area contributed by atoms with Crippen LogP contribution in [-0.2, 0) is 4.79 Å². The van der Waals surface area contributed by atoms with E-state index in [9.17, 15) is 4.79 Å². The third-order valence-electron chi connectivity index (χ3n) is 7.41. The van der Waals surface area contributed by atoms with E-state index in [1.54, 1.807) is 6.33 Å². The number of rotatable bonds is 4. The average molecular weight is 511 g/mol. The number of piperidine rings is 1. The first-order valence-corrected chi connectivity index (χ1v) is 12.6. The van der Waals surface area contributed by atoms with Gasteiger partial charge in [-0.2, -0.15) is 0 Å². The van der Waals surface area contributed by atoms with Crippen molar-refractivity contribution in [3.05, 3.63) is 46.3 Å². The maximum Gasteiger partial charge on any atom is 0.239 e. The van der Waals surface area contributed by atoms with Crippen LogP contribution in [-0.4, -0.2) is 57.6 Å². The van der Waals surface area contributed by atoms with Gasteiger partial charge in [0, 0.05) is 42.0 Å². The number of benzene rings is 1. The summed E-state index contributed by atoms with van der Waals surface area (Å²) in [5.41, 5.74) is 10.8. The zero-order valence-corrected chi connectivity index (χ0v) is 20.9. The van der Waals surface area contributed by atoms with Crippen LogP contribution in [0.15, 0.2) is 35.1 Å². The molecule has 1 atom stereocenters. The molecule has 7 nitrogen and oxygen atoms in total. The van der Waals surface area contributed by atoms with E-state index in [4.69, 9.17) is 10.7 Å². The minimum atomic E-state index is -0.391. The van der Waals surface area contributed by atoms with Gasteiger partial charge in [-0.05, 0) is 75.3 Å². The van der Waals surface area contributed by atoms with E-state index in [2.05, 4.69) is 68.5 Å². The number of fused-ring (bicyclic) bond motifs is 1. The lowest BCUT2D eigenvalue weighted by Crippen LogP contribution is -2.50. The molecule has 0 spiro atoms. The standard InChI is InChI=1S/C25H31BrN6O/c1-16-17(2)32(20-7-5-19(26)6-8-20)24-21(16)23(28-15-29-24)30-13-9-18(10-14-30)22(27)25(33)31-11-3-4-12-31/h5-8,15,18,22H,3-4,9-14,27H2,1-2H3/t22-/m0/s1. The predicted octanol–water partition coefficient (Wildman–Crippen LogP) is 3.97. The summed E-state index contributed by atoms with van der Waals surface area (Å²) >= 11 is 3.52. The van der Waals surface area contributed by atoms with E-state index in [-0.39, 0.29) is 11.8 Å². The molecule has 4 heterocycles. The van der Waals surface area contributed by atoms with Gasteiger partial charge in [0.2, 0.25) is 5.91 Å². The molecule has 2 N–H and O–H groups in total. The maximum atomic E-state index is 12.8. The normalized spacial score (nSPS) is 18.3. The highest BCUT2D eigenvalue weighted by Crippen LogP contribution is 2.35. The zero-order chi connectivity index (χ0) is 23.1. The monoisotopic (exact) mass is 510 g/mol. The van der Waals surface area contributed by atoms with E-state index in [0.29, 0.717) is 0 Å². The second-order valence-electron chi connectivity index (χ2n) is 9.30. The summed E-state index contributed by atoms with van der Waals surface area (Å²) in [6, 6.07) is 7.91. The maximum absolute atomic E-state index is 12.8. The Hall–Kier alpha value is -2.45. The first-order valence-electron chi connectivity index (χ1n) is 11.8. The van der Waals surface area contributed by atoms with Crippen molar-refractivity contribution in [3.63, 3.8) is 0 Å². The van der Waals surface area contributed by atoms with Crippen molar-refractivity contribution in [1.82, 2.24) is 19.4 Å². The average Bonchev–Trinajstić information content (AvgIpc) is 3.46. The van der Waals surface area contributed by atoms with Crippen molar-refractivity contribution in [2.75, 3.05) is 31.1 Å². The summed E-state index contributed by atoms with van der Waals surface area (Å²) in [4.78, 5) is 26.4. The Morgan fingerprint density at radius 1 is 1.06 bits per heavy atom. The molecule has 2 aliphatic heterocycles. The number of likely N-dealkylation sites (tertiary alicyclic amines) is 1. The van der Waals surface area contributed by atoms with Crippen LogP contribution in [0, 0.1) is 19.8 Å². The number of amides is 1. The number of carbonyl (C=O) groups is 1. The molecule has 5 rings (SSSR count). The third-order valence-corrected chi connectivity index (χ3v) is 7.94. The van der Waals surface area contributed by atoms with Crippen LogP contribution < -0.4 is 10.6 Å². The SMILES string of the molecule is Cc1c(C)n(-c2ccc(Br)cc2)c2ncnc(N3CCC([C@H](N)C(=O)N4CCCC4)CC3)c12. The Kier molecular flexibility index (Phi) is 6.14. The van der Waals surface area contributed by atoms with Crippen molar-refractivity contribution >= 4 is 38.7 Å². The number of aryl methyl sites for hydroxylation is 1. The fourth-order valence-electron chi connectivity index (χ4n) is 5.35. The minimum absolute atomic E-state index is 0.133. The highest BCUT2D eigenvalue weighted by Gasteiger charge is 2.33. The van der Waals surface area contributed by atoms with Crippen LogP contribution in [0.2, 0.25) is 0 Å². The van der Waals surface area contributed by atoms with Gasteiger partial charge in [0.25, 0.3) is 0 Å². The van der Waals surface area contributed by atoms with E-state index in [1.807, 2.05) is 4.90 Å². The highest BCUT2D eigenvalue weighted by atomic mass is 79.9. The molecule has 0 unspecified atom stereocenters. The molecule has 1 amide bonds. The second-order valence-corrected chi connectivity index (χ2v) is 10.2. The van der Waals surface area contributed by atoms with Crippen LogP contribution in [0.4, 0.5) is 5.82 Å². The molecule has 2 aliphatic rings. The Balaban J connectivity index is 1.39. The Morgan fingerprint density at radius 2 is 1.73 bits per heavy atom. The molecule has 0 aliphatic carbocycles. The van der Waals surface area contributed by atoms with Crippen LogP contribution >= 0.6 is 15.9 Å². The van der Waals surface area contributed by atoms with Crippen molar-refractivity contribution in [3.8, 4) is 5.69 Å². The van der Waals surface area contributed by atoms with Gasteiger partial charge >= 0.3 is 0 Å². The first-order chi connectivity index (χ1) is 16.0. The largest absolute Gasteiger partial charge is 0.356 e. The number of hydrogen-bond donors (Lipinski definition) is 1. The molecule has 8 heteroatoms. The lowest BCUT2D eigenvalue weighted by atomic mass is 9.89. The highest BCUT2D eigenvalue weighted by molar-refractivity contribution is 9.10. The van der Waals surface area contributed by atoms with Gasteiger partial charge in [-0.15, -0.1) is 0 Å². The number of halogens is 1. The Bertz CT molecular complexity index is 1160. The molecule has 2 aromatic heterocycles. The van der Waals surface area contributed by atoms with Gasteiger partial charge in [0.15, 0.2) is 5.65 Å². The first kappa shape index (κ1) is 22.3. The van der Waals surface area contributed by atoms with Gasteiger partial charge in [0.05, 0.1) is 11.4 Å². The molecule has 0 bridgehead atoms. The van der Waals surface area contributed by atoms with E-state index in [0.717, 1.165) is 78.9 Å². The topological polar surface area (TPSA) is 80.3 Å². The number of anilines is 1. The summed E-state index contributed by atoms with van der Waals surface area (Å²) in [7, 11) is 0. The van der Waals surface area contributed by atoms with Crippen molar-refractivity contribution < 1.29 is 4.79 Å². The van der Waals surface area contributed by atoms with Crippen LogP contribution in [0.5, 0.6) is 0 Å². The summed E-state index contributed by atoms with van der Waals surface area (Å²) < 4.78 is 3.26. The molecule has 33 heavy (non-hydrogen) atoms. The molecule has 0 radical (unpaired) electrons. The van der Waals surface area contributed by atoms with E-state index < -0.39 is 6.04 Å². The van der Waals surface area contributed by atoms with Crippen LogP contribution in [0.25, 0.3) is 16.7 Å². The van der Waals surface area contributed by atoms with Crippen molar-refractivity contribution in [1.29, 1.82) is 0 Å². The van der Waals surface area contributed by atoms with Gasteiger partial charge in [-0.25, -0.2) is 9.97 Å². The zero-order valence-electron chi connectivity index (χ0n) is 19.3. The van der Waals surface area contributed by atoms with Gasteiger partial charge in [-0.1, -0.05) is 15.9 Å². The lowest BCUT2D eigenvalue weighted by Gasteiger charge is -2.36. The number of carbonyl (C=O) groups excluding carboxylic acids is 1. The van der Waals surface area contributed by atoms with Crippen molar-refractivity contribution in [2.45, 2.75) is 45.6 Å². The third kappa shape index (κ3) is 4.04. The lowest BCUT2D eigenvalue weighted by molar-refractivity contribution is -0.132. The summed E-state index contributed by atoms with van der Waals surface area (Å²) in [5.74, 6) is 1.34. The second kappa shape index (κ2) is 9.06. The fourth-order valence-corrected chi connectivity index (χ4v) is 5.61. The fraction of sp³-hybridized carbons (Fsp3) is 0.480. The molecular formula is C25H31BrN6O. The number of aromatic nitrogens is 3. The summed E-state index contributed by atoms with van der Waals surface area (Å²) in [5, 5.41) is 1.11. The molecule has 2 saturated heterocycles. The van der Waals surface area contributed by atoms with Crippen LogP contribution in [0.1, 0.15) is 36.9 Å². The van der Waals surface area contributed by atoms with Crippen LogP contribution in [0.3, 0.4) is 0 Å². The van der Waals surface area contributed by atoms with E-state index >= 15 is 0 Å². The van der Waals surface area contributed by atoms with Gasteiger partial charge < -0.3 is 15.5 Å². The minimum Gasteiger partial charge on any atom is -0.356 e. The van der Waals surface area contributed by atoms with Gasteiger partial charge in [-0.3, -0.25) is 9.36 Å². The molecule has 3 aromatic rings. The number of nitrogens with zero attached hydrogens (tertiary/aromatic N) is 5. The Labute approximate surface area is 203 Å². The quantitative estimate of drug-likeness (QED) is 0.574. The van der Waals surface area contributed by atoms with Crippen molar-refractivity contribution in [2.24, 2.45) is 11.7 Å². The summed E-state index contributed by atoms with van der Waals surface area (Å²) in [6.07, 6.45) is 5.66. The van der Waals surface area contributed by atoms with Gasteiger partial charge in [0.1, 0.15) is 12.1 Å². The molecular weight excluding hydrogens is 480 g/mol. The molecule has 0 saturated carbocycles. The molecule has 1 aromatic carbocycles. The predicted molar refractivity (Wildman–Crippen MR) is 135 cm³/mol. The van der Waals surface area contributed by atoms with E-state index in [1.165, 1.54) is 11.3 Å². The number of hydrogen-bond acceptors (Lipinski definition) is 5. The smallest absolute Gasteiger partial charge is 0.239 e. The Morgan fingerprint density at radius 3 is 2.39 bits per heavy atom.